The Morgan fingerprint density at radius 3 is 2.75 bits per heavy atom. The minimum atomic E-state index is 0.172. The van der Waals surface area contributed by atoms with Gasteiger partial charge in [0, 0.05) is 29.5 Å². The summed E-state index contributed by atoms with van der Waals surface area (Å²) >= 11 is 1.85. The molecular formula is C13H22N2S. The Morgan fingerprint density at radius 1 is 1.56 bits per heavy atom. The number of hydrogen-bond donors (Lipinski definition) is 1. The van der Waals surface area contributed by atoms with Gasteiger partial charge in [-0.05, 0) is 37.6 Å². The summed E-state index contributed by atoms with van der Waals surface area (Å²) in [5, 5.41) is 2.16. The van der Waals surface area contributed by atoms with E-state index in [1.165, 1.54) is 17.7 Å². The largest absolute Gasteiger partial charge is 0.329 e. The summed E-state index contributed by atoms with van der Waals surface area (Å²) in [6, 6.07) is 5.14. The zero-order chi connectivity index (χ0) is 11.6. The molecule has 2 N–H and O–H groups in total. The smallest absolute Gasteiger partial charge is 0.0336 e. The Bertz CT molecular complexity index is 313. The number of nitrogens with two attached hydrogens (primary N) is 1. The Kier molecular flexibility index (Phi) is 3.67. The quantitative estimate of drug-likeness (QED) is 0.825. The highest BCUT2D eigenvalue weighted by atomic mass is 32.1. The topological polar surface area (TPSA) is 29.3 Å². The van der Waals surface area contributed by atoms with Crippen molar-refractivity contribution in [2.24, 2.45) is 5.73 Å². The predicted molar refractivity (Wildman–Crippen MR) is 70.6 cm³/mol. The summed E-state index contributed by atoms with van der Waals surface area (Å²) in [5.41, 5.74) is 6.15. The molecule has 1 aliphatic rings. The van der Waals surface area contributed by atoms with Crippen LogP contribution in [0.1, 0.15) is 38.0 Å². The molecule has 1 saturated carbocycles. The highest BCUT2D eigenvalue weighted by molar-refractivity contribution is 7.09. The molecule has 1 unspecified atom stereocenters. The fourth-order valence-corrected chi connectivity index (χ4v) is 2.88. The first kappa shape index (κ1) is 12.1. The third kappa shape index (κ3) is 2.47. The molecule has 0 saturated heterocycles. The van der Waals surface area contributed by atoms with Crippen molar-refractivity contribution < 1.29 is 0 Å². The lowest BCUT2D eigenvalue weighted by Gasteiger charge is -2.40. The van der Waals surface area contributed by atoms with Gasteiger partial charge in [-0.2, -0.15) is 0 Å². The molecule has 0 aliphatic heterocycles. The summed E-state index contributed by atoms with van der Waals surface area (Å²) in [6.45, 7) is 6.38. The van der Waals surface area contributed by atoms with E-state index in [1.54, 1.807) is 0 Å². The molecule has 2 nitrogen and oxygen atoms in total. The van der Waals surface area contributed by atoms with Crippen molar-refractivity contribution in [2.75, 3.05) is 6.54 Å². The van der Waals surface area contributed by atoms with E-state index in [4.69, 9.17) is 5.73 Å². The van der Waals surface area contributed by atoms with E-state index in [-0.39, 0.29) is 5.54 Å². The average molecular weight is 238 g/mol. The van der Waals surface area contributed by atoms with E-state index >= 15 is 0 Å². The molecule has 1 aromatic rings. The summed E-state index contributed by atoms with van der Waals surface area (Å²) in [7, 11) is 0. The fraction of sp³-hybridized carbons (Fsp3) is 0.692. The number of nitrogens with zero attached hydrogens (tertiary/aromatic N) is 1. The summed E-state index contributed by atoms with van der Waals surface area (Å²) in [6.07, 6.45) is 3.83. The second-order valence-electron chi connectivity index (χ2n) is 4.99. The van der Waals surface area contributed by atoms with Crippen LogP contribution in [0.5, 0.6) is 0 Å². The van der Waals surface area contributed by atoms with Crippen LogP contribution in [0.25, 0.3) is 0 Å². The molecule has 0 aromatic carbocycles. The van der Waals surface area contributed by atoms with Crippen molar-refractivity contribution in [3.05, 3.63) is 22.4 Å². The molecule has 2 rings (SSSR count). The van der Waals surface area contributed by atoms with Gasteiger partial charge in [-0.1, -0.05) is 13.0 Å². The lowest BCUT2D eigenvalue weighted by molar-refractivity contribution is 0.0892. The maximum absolute atomic E-state index is 5.97. The standard InChI is InChI=1S/C13H22N2S/c1-3-13(2,10-14)15(11-6-7-11)9-12-5-4-8-16-12/h4-5,8,11H,3,6-7,9-10,14H2,1-2H3. The van der Waals surface area contributed by atoms with E-state index < -0.39 is 0 Å². The van der Waals surface area contributed by atoms with Gasteiger partial charge >= 0.3 is 0 Å². The zero-order valence-electron chi connectivity index (χ0n) is 10.3. The van der Waals surface area contributed by atoms with E-state index in [0.717, 1.165) is 25.6 Å². The Hall–Kier alpha value is -0.380. The van der Waals surface area contributed by atoms with E-state index in [2.05, 4.69) is 36.3 Å². The minimum Gasteiger partial charge on any atom is -0.329 e. The predicted octanol–water partition coefficient (Wildman–Crippen LogP) is 2.84. The van der Waals surface area contributed by atoms with Crippen LogP contribution in [-0.4, -0.2) is 23.0 Å². The van der Waals surface area contributed by atoms with Gasteiger partial charge in [-0.25, -0.2) is 0 Å². The maximum atomic E-state index is 5.97. The summed E-state index contributed by atoms with van der Waals surface area (Å²) in [5.74, 6) is 0. The van der Waals surface area contributed by atoms with Gasteiger partial charge in [-0.3, -0.25) is 4.90 Å². The van der Waals surface area contributed by atoms with Crippen LogP contribution >= 0.6 is 11.3 Å². The van der Waals surface area contributed by atoms with Crippen LogP contribution in [0.3, 0.4) is 0 Å². The molecule has 0 bridgehead atoms. The van der Waals surface area contributed by atoms with E-state index in [1.807, 2.05) is 11.3 Å². The normalized spacial score (nSPS) is 20.0. The summed E-state index contributed by atoms with van der Waals surface area (Å²) in [4.78, 5) is 4.08. The molecule has 3 heteroatoms. The van der Waals surface area contributed by atoms with Crippen LogP contribution in [0.2, 0.25) is 0 Å². The zero-order valence-corrected chi connectivity index (χ0v) is 11.1. The van der Waals surface area contributed by atoms with Crippen LogP contribution in [0.15, 0.2) is 17.5 Å². The SMILES string of the molecule is CCC(C)(CN)N(Cc1cccs1)C1CC1. The van der Waals surface area contributed by atoms with Gasteiger partial charge in [0.15, 0.2) is 0 Å². The molecule has 1 heterocycles. The molecule has 1 fully saturated rings. The molecule has 0 spiro atoms. The van der Waals surface area contributed by atoms with Gasteiger partial charge in [-0.15, -0.1) is 11.3 Å². The average Bonchev–Trinajstić information content (AvgIpc) is 3.02. The molecule has 1 atom stereocenters. The van der Waals surface area contributed by atoms with Gasteiger partial charge < -0.3 is 5.73 Å². The Labute approximate surface area is 102 Å². The lowest BCUT2D eigenvalue weighted by Crippen LogP contribution is -2.51. The third-order valence-corrected chi connectivity index (χ3v) is 4.65. The van der Waals surface area contributed by atoms with Crippen molar-refractivity contribution >= 4 is 11.3 Å². The molecule has 1 aromatic heterocycles. The van der Waals surface area contributed by atoms with Gasteiger partial charge in [0.05, 0.1) is 0 Å². The number of hydrogen-bond acceptors (Lipinski definition) is 3. The van der Waals surface area contributed by atoms with Crippen molar-refractivity contribution in [3.63, 3.8) is 0 Å². The second kappa shape index (κ2) is 4.86. The van der Waals surface area contributed by atoms with Crippen LogP contribution in [0, 0.1) is 0 Å². The Balaban J connectivity index is 2.10. The first-order valence-corrected chi connectivity index (χ1v) is 7.07. The van der Waals surface area contributed by atoms with Gasteiger partial charge in [0.2, 0.25) is 0 Å². The van der Waals surface area contributed by atoms with Crippen molar-refractivity contribution in [1.29, 1.82) is 0 Å². The first-order valence-electron chi connectivity index (χ1n) is 6.19. The monoisotopic (exact) mass is 238 g/mol. The fourth-order valence-electron chi connectivity index (χ4n) is 2.18. The Morgan fingerprint density at radius 2 is 2.31 bits per heavy atom. The summed E-state index contributed by atoms with van der Waals surface area (Å²) < 4.78 is 0. The van der Waals surface area contributed by atoms with Gasteiger partial charge in [0.25, 0.3) is 0 Å². The molecule has 0 amide bonds. The molecule has 1 aliphatic carbocycles. The maximum Gasteiger partial charge on any atom is 0.0336 e. The highest BCUT2D eigenvalue weighted by Gasteiger charge is 2.39. The molecular weight excluding hydrogens is 216 g/mol. The lowest BCUT2D eigenvalue weighted by atomic mass is 9.96. The second-order valence-corrected chi connectivity index (χ2v) is 6.03. The highest BCUT2D eigenvalue weighted by Crippen LogP contribution is 2.36. The number of thiophene rings is 1. The molecule has 16 heavy (non-hydrogen) atoms. The van der Waals surface area contributed by atoms with E-state index in [0.29, 0.717) is 0 Å². The molecule has 90 valence electrons. The van der Waals surface area contributed by atoms with Crippen LogP contribution in [0.4, 0.5) is 0 Å². The third-order valence-electron chi connectivity index (χ3n) is 3.79. The van der Waals surface area contributed by atoms with Crippen LogP contribution in [-0.2, 0) is 6.54 Å². The van der Waals surface area contributed by atoms with Crippen molar-refractivity contribution in [2.45, 2.75) is 51.2 Å². The minimum absolute atomic E-state index is 0.172. The number of rotatable bonds is 6. The molecule has 0 radical (unpaired) electrons. The van der Waals surface area contributed by atoms with Crippen LogP contribution < -0.4 is 5.73 Å². The van der Waals surface area contributed by atoms with Gasteiger partial charge in [0.1, 0.15) is 0 Å². The van der Waals surface area contributed by atoms with Crippen molar-refractivity contribution in [3.8, 4) is 0 Å². The van der Waals surface area contributed by atoms with Crippen molar-refractivity contribution in [1.82, 2.24) is 4.90 Å². The first-order chi connectivity index (χ1) is 7.69. The van der Waals surface area contributed by atoms with E-state index in [9.17, 15) is 0 Å².